The summed E-state index contributed by atoms with van der Waals surface area (Å²) in [7, 11) is 0. The Hall–Kier alpha value is -2.74. The van der Waals surface area contributed by atoms with Crippen molar-refractivity contribution >= 4 is 33.2 Å². The first-order valence-corrected chi connectivity index (χ1v) is 18.3. The molecule has 242 valence electrons. The maximum atomic E-state index is 14.1. The Labute approximate surface area is 273 Å². The molecule has 2 aliphatic heterocycles. The number of carbonyl (C=O) groups excluding carboxylic acids is 2. The quantitative estimate of drug-likeness (QED) is 0.221. The highest BCUT2D eigenvalue weighted by Gasteiger charge is 2.43. The molecule has 2 amide bonds. The van der Waals surface area contributed by atoms with Gasteiger partial charge in [-0.25, -0.2) is 0 Å². The lowest BCUT2D eigenvalue weighted by Gasteiger charge is -2.35. The van der Waals surface area contributed by atoms with E-state index in [-0.39, 0.29) is 17.9 Å². The van der Waals surface area contributed by atoms with E-state index in [0.29, 0.717) is 17.7 Å². The third-order valence-corrected chi connectivity index (χ3v) is 11.6. The molecule has 7 heteroatoms. The number of piperidine rings is 1. The summed E-state index contributed by atoms with van der Waals surface area (Å²) in [6, 6.07) is 18.8. The van der Waals surface area contributed by atoms with E-state index in [1.54, 1.807) is 0 Å². The number of amides is 2. The molecule has 2 saturated heterocycles. The van der Waals surface area contributed by atoms with Crippen molar-refractivity contribution < 1.29 is 14.3 Å². The van der Waals surface area contributed by atoms with Gasteiger partial charge < -0.3 is 20.3 Å². The number of benzene rings is 2. The predicted octanol–water partition coefficient (Wildman–Crippen LogP) is 7.29. The average Bonchev–Trinajstić information content (AvgIpc) is 3.71. The molecule has 2 N–H and O–H groups in total. The van der Waals surface area contributed by atoms with Crippen LogP contribution >= 0.6 is 11.3 Å². The van der Waals surface area contributed by atoms with Crippen LogP contribution in [0.5, 0.6) is 0 Å². The number of hydrogen-bond donors (Lipinski definition) is 2. The van der Waals surface area contributed by atoms with Crippen LogP contribution in [0.1, 0.15) is 91.4 Å². The standard InChI is InChI=1S/C38H51N3O3S/c1-28-11-12-32-27-35(45-34(32)24-28)36(42)40-38(17-5-6-18-38)37(43)39-33(26-29-8-3-2-4-9-29)10-7-19-41-20-13-30(14-21-41)25-31-15-22-44-23-16-31/h2-4,8-9,11-12,24,27,30-31,33H,5-7,10,13-23,25-26H2,1H3,(H,39,43)(H,40,42)/t33-/m0/s1. The van der Waals surface area contributed by atoms with Crippen molar-refractivity contribution in [3.8, 4) is 0 Å². The lowest BCUT2D eigenvalue weighted by molar-refractivity contribution is -0.128. The maximum absolute atomic E-state index is 14.1. The van der Waals surface area contributed by atoms with Crippen molar-refractivity contribution in [1.82, 2.24) is 15.5 Å². The highest BCUT2D eigenvalue weighted by Crippen LogP contribution is 2.33. The fourth-order valence-electron chi connectivity index (χ4n) is 7.82. The van der Waals surface area contributed by atoms with Crippen molar-refractivity contribution in [3.05, 3.63) is 70.6 Å². The zero-order chi connectivity index (χ0) is 31.1. The van der Waals surface area contributed by atoms with Crippen molar-refractivity contribution in [2.24, 2.45) is 11.8 Å². The summed E-state index contributed by atoms with van der Waals surface area (Å²) < 4.78 is 6.67. The van der Waals surface area contributed by atoms with Gasteiger partial charge in [0, 0.05) is 24.0 Å². The molecule has 0 unspecified atom stereocenters. The molecule has 3 heterocycles. The summed E-state index contributed by atoms with van der Waals surface area (Å²) in [5.74, 6) is 1.58. The van der Waals surface area contributed by atoms with Crippen LogP contribution in [0, 0.1) is 18.8 Å². The molecule has 2 aromatic carbocycles. The molecule has 1 aromatic heterocycles. The Morgan fingerprint density at radius 2 is 1.71 bits per heavy atom. The Balaban J connectivity index is 1.05. The highest BCUT2D eigenvalue weighted by atomic mass is 32.1. The summed E-state index contributed by atoms with van der Waals surface area (Å²) in [5, 5.41) is 7.77. The number of thiophene rings is 1. The molecule has 1 atom stereocenters. The van der Waals surface area contributed by atoms with E-state index in [2.05, 4.69) is 64.9 Å². The molecule has 45 heavy (non-hydrogen) atoms. The van der Waals surface area contributed by atoms with Gasteiger partial charge in [-0.15, -0.1) is 11.3 Å². The molecular formula is C38H51N3O3S. The number of hydrogen-bond acceptors (Lipinski definition) is 5. The summed E-state index contributed by atoms with van der Waals surface area (Å²) in [6.45, 7) is 7.43. The first kappa shape index (κ1) is 32.2. The molecular weight excluding hydrogens is 579 g/mol. The first-order chi connectivity index (χ1) is 22.0. The van der Waals surface area contributed by atoms with Crippen LogP contribution in [-0.4, -0.2) is 61.1 Å². The van der Waals surface area contributed by atoms with Crippen molar-refractivity contribution in [2.75, 3.05) is 32.8 Å². The molecule has 6 nitrogen and oxygen atoms in total. The van der Waals surface area contributed by atoms with E-state index < -0.39 is 5.54 Å². The van der Waals surface area contributed by atoms with Gasteiger partial charge in [-0.05, 0) is 131 Å². The summed E-state index contributed by atoms with van der Waals surface area (Å²) >= 11 is 1.51. The minimum Gasteiger partial charge on any atom is -0.381 e. The average molecular weight is 630 g/mol. The number of aryl methyl sites for hydroxylation is 1. The van der Waals surface area contributed by atoms with Crippen molar-refractivity contribution in [1.29, 1.82) is 0 Å². The van der Waals surface area contributed by atoms with Crippen LogP contribution in [0.15, 0.2) is 54.6 Å². The van der Waals surface area contributed by atoms with E-state index >= 15 is 0 Å². The second-order valence-electron chi connectivity index (χ2n) is 14.0. The fraction of sp³-hybridized carbons (Fsp3) is 0.579. The topological polar surface area (TPSA) is 70.7 Å². The normalized spacial score (nSPS) is 20.3. The summed E-state index contributed by atoms with van der Waals surface area (Å²) in [4.78, 5) is 30.9. The Bertz CT molecular complexity index is 1400. The van der Waals surface area contributed by atoms with Gasteiger partial charge >= 0.3 is 0 Å². The molecule has 3 aliphatic rings. The molecule has 1 aliphatic carbocycles. The van der Waals surface area contributed by atoms with Crippen LogP contribution in [0.3, 0.4) is 0 Å². The van der Waals surface area contributed by atoms with Gasteiger partial charge in [0.1, 0.15) is 5.54 Å². The van der Waals surface area contributed by atoms with E-state index in [0.717, 1.165) is 73.8 Å². The Kier molecular flexibility index (Phi) is 10.9. The van der Waals surface area contributed by atoms with Gasteiger partial charge in [-0.1, -0.05) is 55.3 Å². The third kappa shape index (κ3) is 8.55. The molecule has 0 bridgehead atoms. The Morgan fingerprint density at radius 3 is 2.47 bits per heavy atom. The van der Waals surface area contributed by atoms with Crippen LogP contribution in [0.4, 0.5) is 0 Å². The first-order valence-electron chi connectivity index (χ1n) is 17.4. The van der Waals surface area contributed by atoms with Gasteiger partial charge in [0.2, 0.25) is 5.91 Å². The van der Waals surface area contributed by atoms with Gasteiger partial charge in [-0.2, -0.15) is 0 Å². The van der Waals surface area contributed by atoms with Crippen LogP contribution < -0.4 is 10.6 Å². The second-order valence-corrected chi connectivity index (χ2v) is 15.1. The van der Waals surface area contributed by atoms with Crippen LogP contribution in [0.25, 0.3) is 10.1 Å². The lowest BCUT2D eigenvalue weighted by atomic mass is 9.84. The van der Waals surface area contributed by atoms with Gasteiger partial charge in [0.25, 0.3) is 5.91 Å². The minimum atomic E-state index is -0.843. The molecule has 1 saturated carbocycles. The fourth-order valence-corrected chi connectivity index (χ4v) is 8.88. The number of nitrogens with zero attached hydrogens (tertiary/aromatic N) is 1. The van der Waals surface area contributed by atoms with E-state index in [4.69, 9.17) is 4.74 Å². The third-order valence-electron chi connectivity index (χ3n) is 10.5. The number of likely N-dealkylation sites (tertiary alicyclic amines) is 1. The summed E-state index contributed by atoms with van der Waals surface area (Å²) in [6.07, 6.45) is 12.6. The van der Waals surface area contributed by atoms with Gasteiger partial charge in [0.05, 0.1) is 4.88 Å². The summed E-state index contributed by atoms with van der Waals surface area (Å²) in [5.41, 5.74) is 1.58. The minimum absolute atomic E-state index is 0.0137. The number of nitrogens with one attached hydrogen (secondary N) is 2. The predicted molar refractivity (Wildman–Crippen MR) is 184 cm³/mol. The molecule has 0 spiro atoms. The van der Waals surface area contributed by atoms with E-state index in [1.807, 2.05) is 12.1 Å². The number of ether oxygens (including phenoxy) is 1. The molecule has 3 aromatic rings. The monoisotopic (exact) mass is 629 g/mol. The molecule has 0 radical (unpaired) electrons. The smallest absolute Gasteiger partial charge is 0.262 e. The molecule has 3 fully saturated rings. The zero-order valence-electron chi connectivity index (χ0n) is 27.0. The van der Waals surface area contributed by atoms with Crippen LogP contribution in [0.2, 0.25) is 0 Å². The largest absolute Gasteiger partial charge is 0.381 e. The zero-order valence-corrected chi connectivity index (χ0v) is 27.8. The van der Waals surface area contributed by atoms with Crippen LogP contribution in [-0.2, 0) is 16.0 Å². The highest BCUT2D eigenvalue weighted by molar-refractivity contribution is 7.20. The van der Waals surface area contributed by atoms with Crippen molar-refractivity contribution in [2.45, 2.75) is 95.6 Å². The number of rotatable bonds is 12. The lowest BCUT2D eigenvalue weighted by Crippen LogP contribution is -2.59. The molecule has 6 rings (SSSR count). The van der Waals surface area contributed by atoms with Gasteiger partial charge in [-0.3, -0.25) is 9.59 Å². The second kappa shape index (κ2) is 15.2. The van der Waals surface area contributed by atoms with Crippen molar-refractivity contribution in [3.63, 3.8) is 0 Å². The van der Waals surface area contributed by atoms with E-state index in [1.165, 1.54) is 67.7 Å². The maximum Gasteiger partial charge on any atom is 0.262 e. The Morgan fingerprint density at radius 1 is 0.978 bits per heavy atom. The van der Waals surface area contributed by atoms with Gasteiger partial charge in [0.15, 0.2) is 0 Å². The number of fused-ring (bicyclic) bond motifs is 1. The SMILES string of the molecule is Cc1ccc2cc(C(=O)NC3(C(=O)N[C@@H](CCCN4CCC(CC5CCOCC5)CC4)Cc4ccccc4)CCCC3)sc2c1. The number of carbonyl (C=O) groups is 2. The van der Waals surface area contributed by atoms with E-state index in [9.17, 15) is 9.59 Å².